The number of nitriles is 1. The quantitative estimate of drug-likeness (QED) is 0.742. The molecule has 4 heteroatoms. The Bertz CT molecular complexity index is 473. The summed E-state index contributed by atoms with van der Waals surface area (Å²) >= 11 is 0. The SMILES string of the molecule is CCOc1cc(CNC(C)(C)C)ccc1OCCCC#N. The number of hydrogen-bond donors (Lipinski definition) is 1. The van der Waals surface area contributed by atoms with Gasteiger partial charge in [-0.3, -0.25) is 0 Å². The smallest absolute Gasteiger partial charge is 0.161 e. The zero-order valence-electron chi connectivity index (χ0n) is 13.5. The maximum absolute atomic E-state index is 8.53. The summed E-state index contributed by atoms with van der Waals surface area (Å²) in [6.07, 6.45) is 1.24. The van der Waals surface area contributed by atoms with Crippen LogP contribution in [0.4, 0.5) is 0 Å². The Kier molecular flexibility index (Phi) is 7.04. The highest BCUT2D eigenvalue weighted by molar-refractivity contribution is 5.43. The molecule has 21 heavy (non-hydrogen) atoms. The van der Waals surface area contributed by atoms with Crippen LogP contribution in [0.15, 0.2) is 18.2 Å². The third-order valence-electron chi connectivity index (χ3n) is 2.82. The fraction of sp³-hybridized carbons (Fsp3) is 0.588. The molecule has 4 nitrogen and oxygen atoms in total. The summed E-state index contributed by atoms with van der Waals surface area (Å²) in [5.74, 6) is 1.51. The number of hydrogen-bond acceptors (Lipinski definition) is 4. The molecule has 116 valence electrons. The molecule has 0 radical (unpaired) electrons. The first-order valence-electron chi connectivity index (χ1n) is 7.47. The molecule has 0 aliphatic rings. The van der Waals surface area contributed by atoms with Gasteiger partial charge in [0.05, 0.1) is 19.3 Å². The molecular weight excluding hydrogens is 264 g/mol. The monoisotopic (exact) mass is 290 g/mol. The number of ether oxygens (including phenoxy) is 2. The fourth-order valence-electron chi connectivity index (χ4n) is 1.75. The van der Waals surface area contributed by atoms with Crippen molar-refractivity contribution in [2.45, 2.75) is 52.6 Å². The Hall–Kier alpha value is -1.73. The van der Waals surface area contributed by atoms with Gasteiger partial charge in [-0.2, -0.15) is 5.26 Å². The minimum atomic E-state index is 0.0816. The van der Waals surface area contributed by atoms with Crippen LogP contribution in [0.3, 0.4) is 0 Å². The van der Waals surface area contributed by atoms with Crippen molar-refractivity contribution in [3.8, 4) is 17.6 Å². The van der Waals surface area contributed by atoms with Crippen molar-refractivity contribution in [3.63, 3.8) is 0 Å². The van der Waals surface area contributed by atoms with Gasteiger partial charge in [-0.15, -0.1) is 0 Å². The lowest BCUT2D eigenvalue weighted by Gasteiger charge is -2.21. The van der Waals surface area contributed by atoms with Gasteiger partial charge in [0.1, 0.15) is 0 Å². The van der Waals surface area contributed by atoms with E-state index in [9.17, 15) is 0 Å². The second kappa shape index (κ2) is 8.53. The van der Waals surface area contributed by atoms with E-state index >= 15 is 0 Å². The van der Waals surface area contributed by atoms with Gasteiger partial charge in [0, 0.05) is 18.5 Å². The Morgan fingerprint density at radius 3 is 2.57 bits per heavy atom. The molecule has 0 aliphatic heterocycles. The van der Waals surface area contributed by atoms with E-state index in [4.69, 9.17) is 14.7 Å². The van der Waals surface area contributed by atoms with Crippen LogP contribution in [0.1, 0.15) is 46.1 Å². The lowest BCUT2D eigenvalue weighted by molar-refractivity contribution is 0.274. The number of rotatable bonds is 8. The largest absolute Gasteiger partial charge is 0.490 e. The van der Waals surface area contributed by atoms with Crippen LogP contribution in [0.5, 0.6) is 11.5 Å². The van der Waals surface area contributed by atoms with Gasteiger partial charge in [0.2, 0.25) is 0 Å². The summed E-state index contributed by atoms with van der Waals surface area (Å²) in [4.78, 5) is 0. The Morgan fingerprint density at radius 1 is 1.19 bits per heavy atom. The molecule has 0 heterocycles. The lowest BCUT2D eigenvalue weighted by atomic mass is 10.1. The molecule has 0 saturated heterocycles. The normalized spacial score (nSPS) is 11.0. The minimum Gasteiger partial charge on any atom is -0.490 e. The highest BCUT2D eigenvalue weighted by Crippen LogP contribution is 2.29. The third kappa shape index (κ3) is 7.01. The standard InChI is InChI=1S/C17H26N2O2/c1-5-20-16-12-14(13-19-17(2,3)4)8-9-15(16)21-11-7-6-10-18/h8-9,12,19H,5-7,11,13H2,1-4H3. The van der Waals surface area contributed by atoms with Crippen molar-refractivity contribution >= 4 is 0 Å². The fourth-order valence-corrected chi connectivity index (χ4v) is 1.75. The average molecular weight is 290 g/mol. The molecule has 0 aliphatic carbocycles. The van der Waals surface area contributed by atoms with Crippen LogP contribution >= 0.6 is 0 Å². The van der Waals surface area contributed by atoms with Crippen LogP contribution in [-0.2, 0) is 6.54 Å². The van der Waals surface area contributed by atoms with Crippen molar-refractivity contribution < 1.29 is 9.47 Å². The molecule has 0 amide bonds. The van der Waals surface area contributed by atoms with E-state index in [0.29, 0.717) is 19.6 Å². The lowest BCUT2D eigenvalue weighted by Crippen LogP contribution is -2.35. The maximum atomic E-state index is 8.53. The summed E-state index contributed by atoms with van der Waals surface area (Å²) in [6.45, 7) is 10.3. The Morgan fingerprint density at radius 2 is 1.95 bits per heavy atom. The topological polar surface area (TPSA) is 54.3 Å². The third-order valence-corrected chi connectivity index (χ3v) is 2.82. The summed E-state index contributed by atoms with van der Waals surface area (Å²) in [5, 5.41) is 12.0. The van der Waals surface area contributed by atoms with Gasteiger partial charge in [-0.25, -0.2) is 0 Å². The van der Waals surface area contributed by atoms with Gasteiger partial charge in [-0.05, 0) is 51.8 Å². The first kappa shape index (κ1) is 17.3. The van der Waals surface area contributed by atoms with Gasteiger partial charge in [0.25, 0.3) is 0 Å². The van der Waals surface area contributed by atoms with E-state index in [1.54, 1.807) is 0 Å². The molecule has 0 spiro atoms. The predicted molar refractivity (Wildman–Crippen MR) is 84.5 cm³/mol. The summed E-state index contributed by atoms with van der Waals surface area (Å²) in [6, 6.07) is 8.11. The van der Waals surface area contributed by atoms with E-state index in [1.165, 1.54) is 0 Å². The summed E-state index contributed by atoms with van der Waals surface area (Å²) < 4.78 is 11.3. The van der Waals surface area contributed by atoms with Crippen molar-refractivity contribution in [1.82, 2.24) is 5.32 Å². The van der Waals surface area contributed by atoms with Crippen molar-refractivity contribution in [2.24, 2.45) is 0 Å². The maximum Gasteiger partial charge on any atom is 0.161 e. The van der Waals surface area contributed by atoms with Crippen LogP contribution in [-0.4, -0.2) is 18.8 Å². The molecule has 1 rings (SSSR count). The minimum absolute atomic E-state index is 0.0816. The van der Waals surface area contributed by atoms with Crippen molar-refractivity contribution in [3.05, 3.63) is 23.8 Å². The van der Waals surface area contributed by atoms with Crippen LogP contribution < -0.4 is 14.8 Å². The first-order valence-corrected chi connectivity index (χ1v) is 7.47. The molecular formula is C17H26N2O2. The molecule has 1 aromatic carbocycles. The molecule has 0 saturated carbocycles. The van der Waals surface area contributed by atoms with E-state index in [2.05, 4.69) is 32.2 Å². The number of nitrogens with zero attached hydrogens (tertiary/aromatic N) is 1. The second-order valence-electron chi connectivity index (χ2n) is 5.93. The van der Waals surface area contributed by atoms with Gasteiger partial charge < -0.3 is 14.8 Å². The highest BCUT2D eigenvalue weighted by Gasteiger charge is 2.11. The van der Waals surface area contributed by atoms with Crippen LogP contribution in [0.25, 0.3) is 0 Å². The molecule has 0 bridgehead atoms. The second-order valence-corrected chi connectivity index (χ2v) is 5.93. The van der Waals surface area contributed by atoms with Crippen molar-refractivity contribution in [1.29, 1.82) is 5.26 Å². The van der Waals surface area contributed by atoms with E-state index < -0.39 is 0 Å². The van der Waals surface area contributed by atoms with Crippen LogP contribution in [0.2, 0.25) is 0 Å². The van der Waals surface area contributed by atoms with Gasteiger partial charge >= 0.3 is 0 Å². The Labute approximate surface area is 128 Å². The number of nitrogens with one attached hydrogen (secondary N) is 1. The predicted octanol–water partition coefficient (Wildman–Crippen LogP) is 3.66. The van der Waals surface area contributed by atoms with Gasteiger partial charge in [-0.1, -0.05) is 6.07 Å². The zero-order valence-corrected chi connectivity index (χ0v) is 13.5. The van der Waals surface area contributed by atoms with Crippen molar-refractivity contribution in [2.75, 3.05) is 13.2 Å². The zero-order chi connectivity index (χ0) is 15.7. The molecule has 0 fully saturated rings. The van der Waals surface area contributed by atoms with E-state index in [-0.39, 0.29) is 5.54 Å². The summed E-state index contributed by atoms with van der Waals surface area (Å²) in [7, 11) is 0. The average Bonchev–Trinajstić information content (AvgIpc) is 2.42. The van der Waals surface area contributed by atoms with E-state index in [0.717, 1.165) is 30.0 Å². The van der Waals surface area contributed by atoms with Crippen LogP contribution in [0, 0.1) is 11.3 Å². The Balaban J connectivity index is 2.69. The molecule has 1 N–H and O–H groups in total. The highest BCUT2D eigenvalue weighted by atomic mass is 16.5. The van der Waals surface area contributed by atoms with E-state index in [1.807, 2.05) is 25.1 Å². The molecule has 1 aromatic rings. The molecule has 0 unspecified atom stereocenters. The first-order chi connectivity index (χ1) is 9.96. The molecule has 0 atom stereocenters. The molecule has 0 aromatic heterocycles. The number of benzene rings is 1. The van der Waals surface area contributed by atoms with Gasteiger partial charge in [0.15, 0.2) is 11.5 Å². The summed E-state index contributed by atoms with van der Waals surface area (Å²) in [5.41, 5.74) is 1.25. The number of unbranched alkanes of at least 4 members (excludes halogenated alkanes) is 1.